The molecule has 11 heteroatoms. The lowest BCUT2D eigenvalue weighted by Gasteiger charge is -2.13. The molecule has 0 rings (SSSR count). The lowest BCUT2D eigenvalue weighted by Crippen LogP contribution is -2.21. The van der Waals surface area contributed by atoms with E-state index in [0.29, 0.717) is 58.6 Å². The van der Waals surface area contributed by atoms with Gasteiger partial charge in [0.2, 0.25) is 19.6 Å². The summed E-state index contributed by atoms with van der Waals surface area (Å²) in [6.07, 6.45) is 0.949. The quantitative estimate of drug-likeness (QED) is 0.148. The number of hydrogen-bond acceptors (Lipinski definition) is 5. The molecule has 208 valence electrons. The van der Waals surface area contributed by atoms with Gasteiger partial charge in [-0.2, -0.15) is 0 Å². The molecule has 0 aromatic rings. The van der Waals surface area contributed by atoms with E-state index in [9.17, 15) is 0 Å². The summed E-state index contributed by atoms with van der Waals surface area (Å²) in [6, 6.07) is 0. The van der Waals surface area contributed by atoms with E-state index in [1.165, 1.54) is 0 Å². The van der Waals surface area contributed by atoms with Crippen molar-refractivity contribution in [1.82, 2.24) is 0 Å². The second-order valence-corrected chi connectivity index (χ2v) is 6.37. The molecule has 0 aliphatic heterocycles. The molecule has 0 aliphatic rings. The summed E-state index contributed by atoms with van der Waals surface area (Å²) in [7, 11) is 0. The average molecular weight is 521 g/mol. The second kappa shape index (κ2) is 46.1. The number of rotatable bonds is 16. The summed E-state index contributed by atoms with van der Waals surface area (Å²) in [5, 5.41) is 0. The first-order valence-corrected chi connectivity index (χ1v) is 11.4. The maximum absolute atomic E-state index is 6.55. The Morgan fingerprint density at radius 3 is 1.24 bits per heavy atom. The van der Waals surface area contributed by atoms with Gasteiger partial charge in [0.15, 0.2) is 6.79 Å². The van der Waals surface area contributed by atoms with Crippen molar-refractivity contribution in [1.29, 1.82) is 0 Å². The van der Waals surface area contributed by atoms with Crippen LogP contribution in [0.25, 0.3) is 29.1 Å². The SMILES string of the molecule is C.[C-]#[N+]CC.[C-]#[N+]CC(CC)C[N+]#[C-].[C-]#[N+]COCC(COCC)COC[N+]#[C-].[C-]#[N+]COCOCC. The lowest BCUT2D eigenvalue weighted by atomic mass is 10.1. The number of nitrogens with zero attached hydrogens (tertiary/aromatic N) is 6. The van der Waals surface area contributed by atoms with E-state index in [1.54, 1.807) is 0 Å². The molecule has 0 heterocycles. The molecule has 0 N–H and O–H groups in total. The Morgan fingerprint density at radius 1 is 0.514 bits per heavy atom. The van der Waals surface area contributed by atoms with Crippen molar-refractivity contribution >= 4 is 0 Å². The molecule has 0 amide bonds. The van der Waals surface area contributed by atoms with Crippen LogP contribution in [-0.2, 0) is 23.7 Å². The fourth-order valence-corrected chi connectivity index (χ4v) is 1.76. The third kappa shape index (κ3) is 50.5. The maximum atomic E-state index is 6.55. The Kier molecular flexibility index (Phi) is 54.6. The van der Waals surface area contributed by atoms with E-state index in [4.69, 9.17) is 58.4 Å². The third-order valence-corrected chi connectivity index (χ3v) is 3.54. The molecule has 37 heavy (non-hydrogen) atoms. The largest absolute Gasteiger partial charge is 0.381 e. The van der Waals surface area contributed by atoms with Crippen LogP contribution >= 0.6 is 0 Å². The van der Waals surface area contributed by atoms with E-state index < -0.39 is 0 Å². The fraction of sp³-hybridized carbons (Fsp3) is 0.769. The Hall–Kier alpha value is -3.26. The Morgan fingerprint density at radius 2 is 0.919 bits per heavy atom. The summed E-state index contributed by atoms with van der Waals surface area (Å²) in [5.41, 5.74) is 0. The van der Waals surface area contributed by atoms with E-state index in [1.807, 2.05) is 27.7 Å². The predicted molar refractivity (Wildman–Crippen MR) is 144 cm³/mol. The van der Waals surface area contributed by atoms with Gasteiger partial charge in [0.05, 0.1) is 19.8 Å². The molecule has 0 fully saturated rings. The van der Waals surface area contributed by atoms with Gasteiger partial charge in [0, 0.05) is 26.1 Å². The third-order valence-electron chi connectivity index (χ3n) is 3.54. The summed E-state index contributed by atoms with van der Waals surface area (Å²) in [6.45, 7) is 50.9. The molecule has 0 atom stereocenters. The van der Waals surface area contributed by atoms with Gasteiger partial charge in [-0.15, -0.1) is 0 Å². The van der Waals surface area contributed by atoms with Crippen LogP contribution in [0.3, 0.4) is 0 Å². The van der Waals surface area contributed by atoms with Crippen LogP contribution in [0.4, 0.5) is 0 Å². The monoisotopic (exact) mass is 520 g/mol. The van der Waals surface area contributed by atoms with Crippen molar-refractivity contribution in [3.63, 3.8) is 0 Å². The van der Waals surface area contributed by atoms with Crippen molar-refractivity contribution in [3.8, 4) is 0 Å². The van der Waals surface area contributed by atoms with Gasteiger partial charge < -0.3 is 33.5 Å². The Balaban J connectivity index is -0.000000134. The van der Waals surface area contributed by atoms with Crippen LogP contribution in [0.15, 0.2) is 0 Å². The van der Waals surface area contributed by atoms with Crippen molar-refractivity contribution in [2.45, 2.75) is 41.5 Å². The van der Waals surface area contributed by atoms with E-state index >= 15 is 0 Å². The van der Waals surface area contributed by atoms with Gasteiger partial charge in [-0.05, 0) is 20.3 Å². The molecule has 0 saturated heterocycles. The number of ether oxygens (including phenoxy) is 5. The molecule has 0 aromatic carbocycles. The maximum Gasteiger partial charge on any atom is 0.320 e. The highest BCUT2D eigenvalue weighted by Crippen LogP contribution is 2.02. The van der Waals surface area contributed by atoms with Gasteiger partial charge in [-0.3, -0.25) is 19.3 Å². The Labute approximate surface area is 225 Å². The van der Waals surface area contributed by atoms with Crippen molar-refractivity contribution < 1.29 is 23.7 Å². The molecule has 0 radical (unpaired) electrons. The van der Waals surface area contributed by atoms with Gasteiger partial charge in [0.1, 0.15) is 5.92 Å². The van der Waals surface area contributed by atoms with Crippen molar-refractivity contribution in [2.24, 2.45) is 11.8 Å². The van der Waals surface area contributed by atoms with E-state index in [2.05, 4.69) is 33.8 Å². The summed E-state index contributed by atoms with van der Waals surface area (Å²) in [4.78, 5) is 18.6. The molecule has 0 unspecified atom stereocenters. The zero-order valence-corrected chi connectivity index (χ0v) is 22.1. The highest BCUT2D eigenvalue weighted by Gasteiger charge is 2.11. The molecule has 0 aliphatic carbocycles. The van der Waals surface area contributed by atoms with Crippen LogP contribution in [0.1, 0.15) is 41.5 Å². The molecule has 0 saturated carbocycles. The van der Waals surface area contributed by atoms with Crippen LogP contribution in [-0.4, -0.2) is 79.7 Å². The van der Waals surface area contributed by atoms with Crippen LogP contribution in [0, 0.1) is 51.3 Å². The molecule has 0 aromatic heterocycles. The van der Waals surface area contributed by atoms with Crippen LogP contribution in [0.5, 0.6) is 0 Å². The van der Waals surface area contributed by atoms with Gasteiger partial charge in [-0.1, -0.05) is 14.4 Å². The highest BCUT2D eigenvalue weighted by atomic mass is 16.7. The van der Waals surface area contributed by atoms with Crippen LogP contribution in [0.2, 0.25) is 0 Å². The van der Waals surface area contributed by atoms with Gasteiger partial charge >= 0.3 is 20.2 Å². The van der Waals surface area contributed by atoms with Crippen molar-refractivity contribution in [2.75, 3.05) is 79.7 Å². The molecule has 0 bridgehead atoms. The summed E-state index contributed by atoms with van der Waals surface area (Å²) < 4.78 is 24.8. The van der Waals surface area contributed by atoms with Gasteiger partial charge in [-0.25, -0.2) is 39.4 Å². The molecule has 0 spiro atoms. The summed E-state index contributed by atoms with van der Waals surface area (Å²) in [5.74, 6) is 0.397. The first kappa shape index (κ1) is 43.8. The zero-order valence-electron chi connectivity index (χ0n) is 22.1. The number of hydrogen-bond donors (Lipinski definition) is 0. The molecular formula is C26H44N6O5. The zero-order chi connectivity index (χ0) is 28.1. The smallest absolute Gasteiger partial charge is 0.320 e. The van der Waals surface area contributed by atoms with E-state index in [0.717, 1.165) is 6.42 Å². The summed E-state index contributed by atoms with van der Waals surface area (Å²) >= 11 is 0. The minimum Gasteiger partial charge on any atom is -0.381 e. The fourth-order valence-electron chi connectivity index (χ4n) is 1.76. The normalized spacial score (nSPS) is 8.43. The Bertz CT molecular complexity index is 659. The van der Waals surface area contributed by atoms with Gasteiger partial charge in [0.25, 0.3) is 0 Å². The lowest BCUT2D eigenvalue weighted by molar-refractivity contribution is -0.0394. The predicted octanol–water partition coefficient (Wildman–Crippen LogP) is 5.71. The first-order chi connectivity index (χ1) is 17.5. The van der Waals surface area contributed by atoms with Crippen LogP contribution < -0.4 is 0 Å². The minimum absolute atomic E-state index is 0. The molecule has 11 nitrogen and oxygen atoms in total. The first-order valence-electron chi connectivity index (χ1n) is 11.4. The van der Waals surface area contributed by atoms with Crippen molar-refractivity contribution in [3.05, 3.63) is 68.5 Å². The van der Waals surface area contributed by atoms with E-state index in [-0.39, 0.29) is 40.3 Å². The average Bonchev–Trinajstić information content (AvgIpc) is 2.90. The second-order valence-electron chi connectivity index (χ2n) is 6.37. The minimum atomic E-state index is 0. The standard InChI is InChI=1S/C10H16N2O3.C7H10N2.C5H9NO2.C3H5N.CH4/c1-4-13-5-10(6-14-8-11-2)7-15-9-12-3;1-4-7(5-8-2)6-9-3;1-3-7-5-8-4-6-2;1-3-4-2;/h10H,4-9H2,1H3;7H,4-6H2,1H3;3-5H2,1H3;3H2,1H3;1H4. The topological polar surface area (TPSA) is 72.3 Å². The molecular weight excluding hydrogens is 476 g/mol. The highest BCUT2D eigenvalue weighted by molar-refractivity contribution is 4.75.